The van der Waals surface area contributed by atoms with Crippen molar-refractivity contribution >= 4 is 11.6 Å². The molecule has 20 heavy (non-hydrogen) atoms. The lowest BCUT2D eigenvalue weighted by Crippen LogP contribution is -2.29. The van der Waals surface area contributed by atoms with Crippen LogP contribution in [0, 0.1) is 0 Å². The summed E-state index contributed by atoms with van der Waals surface area (Å²) in [5, 5.41) is -0.170. The summed E-state index contributed by atoms with van der Waals surface area (Å²) in [4.78, 5) is 24.6. The average molecular weight is 305 g/mol. The Bertz CT molecular complexity index is 732. The van der Waals surface area contributed by atoms with E-state index in [1.54, 1.807) is 0 Å². The third-order valence-electron chi connectivity index (χ3n) is 2.60. The van der Waals surface area contributed by atoms with E-state index in [2.05, 4.69) is 0 Å². The Labute approximate surface area is 115 Å². The zero-order valence-corrected chi connectivity index (χ0v) is 10.6. The lowest BCUT2D eigenvalue weighted by atomic mass is 10.1. The zero-order valence-electron chi connectivity index (χ0n) is 9.87. The maximum atomic E-state index is 12.4. The van der Waals surface area contributed by atoms with Crippen LogP contribution in [0.3, 0.4) is 0 Å². The van der Waals surface area contributed by atoms with Gasteiger partial charge in [-0.15, -0.1) is 0 Å². The molecule has 0 aliphatic rings. The molecular formula is C12H8ClF3N2O2. The molecular weight excluding hydrogens is 297 g/mol. The predicted molar refractivity (Wildman–Crippen MR) is 66.9 cm³/mol. The van der Waals surface area contributed by atoms with Crippen molar-refractivity contribution in [1.29, 1.82) is 0 Å². The van der Waals surface area contributed by atoms with Crippen LogP contribution in [0.15, 0.2) is 40.1 Å². The van der Waals surface area contributed by atoms with E-state index in [0.717, 1.165) is 22.9 Å². The van der Waals surface area contributed by atoms with Crippen LogP contribution in [0.25, 0.3) is 0 Å². The summed E-state index contributed by atoms with van der Waals surface area (Å²) < 4.78 is 38.3. The van der Waals surface area contributed by atoms with E-state index in [9.17, 15) is 22.8 Å². The number of aromatic amines is 1. The molecule has 0 atom stereocenters. The van der Waals surface area contributed by atoms with E-state index in [1.807, 2.05) is 4.98 Å². The van der Waals surface area contributed by atoms with Crippen molar-refractivity contribution in [3.8, 4) is 0 Å². The first-order valence-corrected chi connectivity index (χ1v) is 5.80. The van der Waals surface area contributed by atoms with Crippen LogP contribution in [0.4, 0.5) is 13.2 Å². The van der Waals surface area contributed by atoms with Crippen molar-refractivity contribution in [1.82, 2.24) is 9.55 Å². The molecule has 0 saturated heterocycles. The van der Waals surface area contributed by atoms with Crippen molar-refractivity contribution in [2.75, 3.05) is 0 Å². The minimum Gasteiger partial charge on any atom is -0.295 e. The Morgan fingerprint density at radius 3 is 2.30 bits per heavy atom. The number of hydrogen-bond acceptors (Lipinski definition) is 2. The highest BCUT2D eigenvalue weighted by Crippen LogP contribution is 2.29. The fourth-order valence-corrected chi connectivity index (χ4v) is 1.76. The molecule has 2 rings (SSSR count). The van der Waals surface area contributed by atoms with Gasteiger partial charge >= 0.3 is 11.9 Å². The summed E-state index contributed by atoms with van der Waals surface area (Å²) in [5.41, 5.74) is -1.68. The molecule has 0 saturated carbocycles. The van der Waals surface area contributed by atoms with Gasteiger partial charge in [-0.25, -0.2) is 4.79 Å². The van der Waals surface area contributed by atoms with Crippen molar-refractivity contribution < 1.29 is 13.2 Å². The molecule has 0 bridgehead atoms. The molecule has 8 heteroatoms. The summed E-state index contributed by atoms with van der Waals surface area (Å²) >= 11 is 5.58. The average Bonchev–Trinajstić information content (AvgIpc) is 2.35. The van der Waals surface area contributed by atoms with Gasteiger partial charge in [-0.2, -0.15) is 13.2 Å². The first-order chi connectivity index (χ1) is 9.27. The molecule has 0 aliphatic carbocycles. The molecule has 0 radical (unpaired) electrons. The normalized spacial score (nSPS) is 11.6. The van der Waals surface area contributed by atoms with Crippen molar-refractivity contribution in [2.45, 2.75) is 12.7 Å². The van der Waals surface area contributed by atoms with E-state index in [0.29, 0.717) is 5.56 Å². The van der Waals surface area contributed by atoms with E-state index in [1.165, 1.54) is 12.1 Å². The fourth-order valence-electron chi connectivity index (χ4n) is 1.60. The van der Waals surface area contributed by atoms with Gasteiger partial charge in [0.25, 0.3) is 5.56 Å². The van der Waals surface area contributed by atoms with Crippen LogP contribution in [-0.4, -0.2) is 9.55 Å². The quantitative estimate of drug-likeness (QED) is 0.925. The summed E-state index contributed by atoms with van der Waals surface area (Å²) in [6.07, 6.45) is -3.27. The highest BCUT2D eigenvalue weighted by molar-refractivity contribution is 6.30. The summed E-state index contributed by atoms with van der Waals surface area (Å²) in [6, 6.07) is 4.36. The number of halogens is 4. The Kier molecular flexibility index (Phi) is 3.71. The van der Waals surface area contributed by atoms with E-state index >= 15 is 0 Å². The van der Waals surface area contributed by atoms with Crippen molar-refractivity contribution in [2.24, 2.45) is 0 Å². The highest BCUT2D eigenvalue weighted by Gasteiger charge is 2.29. The molecule has 1 aromatic carbocycles. The van der Waals surface area contributed by atoms with Gasteiger partial charge in [-0.3, -0.25) is 14.3 Å². The zero-order chi connectivity index (χ0) is 14.9. The van der Waals surface area contributed by atoms with Gasteiger partial charge in [-0.05, 0) is 17.7 Å². The molecule has 2 aromatic rings. The predicted octanol–water partition coefficient (Wildman–Crippen LogP) is 2.26. The number of rotatable bonds is 2. The molecule has 0 fully saturated rings. The van der Waals surface area contributed by atoms with Crippen molar-refractivity contribution in [3.63, 3.8) is 0 Å². The van der Waals surface area contributed by atoms with Crippen LogP contribution in [-0.2, 0) is 12.7 Å². The van der Waals surface area contributed by atoms with Gasteiger partial charge < -0.3 is 0 Å². The fraction of sp³-hybridized carbons (Fsp3) is 0.167. The standard InChI is InChI=1S/C12H8ClF3N2O2/c13-9-6-18(11(20)17-10(9)19)5-7-1-3-8(4-2-7)12(14,15)16/h1-4,6H,5H2,(H,17,19,20). The van der Waals surface area contributed by atoms with Gasteiger partial charge in [0, 0.05) is 6.20 Å². The topological polar surface area (TPSA) is 54.9 Å². The largest absolute Gasteiger partial charge is 0.416 e. The van der Waals surface area contributed by atoms with Gasteiger partial charge in [0.15, 0.2) is 0 Å². The number of benzene rings is 1. The molecule has 4 nitrogen and oxygen atoms in total. The van der Waals surface area contributed by atoms with Crippen LogP contribution >= 0.6 is 11.6 Å². The molecule has 0 amide bonds. The lowest BCUT2D eigenvalue weighted by molar-refractivity contribution is -0.137. The summed E-state index contributed by atoms with van der Waals surface area (Å²) in [6.45, 7) is 0.00741. The van der Waals surface area contributed by atoms with Gasteiger partial charge in [0.1, 0.15) is 5.02 Å². The first kappa shape index (κ1) is 14.4. The number of alkyl halides is 3. The Morgan fingerprint density at radius 2 is 1.75 bits per heavy atom. The van der Waals surface area contributed by atoms with Crippen molar-refractivity contribution in [3.05, 3.63) is 67.4 Å². The molecule has 0 aliphatic heterocycles. The maximum absolute atomic E-state index is 12.4. The minimum atomic E-state index is -4.41. The number of H-pyrrole nitrogens is 1. The molecule has 0 unspecified atom stereocenters. The van der Waals surface area contributed by atoms with Crippen LogP contribution in [0.1, 0.15) is 11.1 Å². The number of aromatic nitrogens is 2. The third-order valence-corrected chi connectivity index (χ3v) is 2.87. The summed E-state index contributed by atoms with van der Waals surface area (Å²) in [7, 11) is 0. The number of nitrogens with zero attached hydrogens (tertiary/aromatic N) is 1. The van der Waals surface area contributed by atoms with Crippen LogP contribution < -0.4 is 11.2 Å². The van der Waals surface area contributed by atoms with Crippen LogP contribution in [0.2, 0.25) is 5.02 Å². The highest BCUT2D eigenvalue weighted by atomic mass is 35.5. The van der Waals surface area contributed by atoms with Gasteiger partial charge in [0.05, 0.1) is 12.1 Å². The second-order valence-electron chi connectivity index (χ2n) is 4.06. The second kappa shape index (κ2) is 5.16. The maximum Gasteiger partial charge on any atom is 0.416 e. The Hall–Kier alpha value is -2.02. The van der Waals surface area contributed by atoms with Gasteiger partial charge in [0.2, 0.25) is 0 Å². The van der Waals surface area contributed by atoms with Crippen LogP contribution in [0.5, 0.6) is 0 Å². The lowest BCUT2D eigenvalue weighted by Gasteiger charge is -2.09. The first-order valence-electron chi connectivity index (χ1n) is 5.43. The Balaban J connectivity index is 2.29. The molecule has 0 spiro atoms. The number of nitrogens with one attached hydrogen (secondary N) is 1. The smallest absolute Gasteiger partial charge is 0.295 e. The van der Waals surface area contributed by atoms with E-state index < -0.39 is 23.0 Å². The van der Waals surface area contributed by atoms with E-state index in [-0.39, 0.29) is 11.6 Å². The Morgan fingerprint density at radius 1 is 1.15 bits per heavy atom. The molecule has 1 N–H and O–H groups in total. The number of hydrogen-bond donors (Lipinski definition) is 1. The second-order valence-corrected chi connectivity index (χ2v) is 4.47. The minimum absolute atomic E-state index is 0.00741. The SMILES string of the molecule is O=c1[nH]c(=O)n(Cc2ccc(C(F)(F)F)cc2)cc1Cl. The summed E-state index contributed by atoms with van der Waals surface area (Å²) in [5.74, 6) is 0. The monoisotopic (exact) mass is 304 g/mol. The van der Waals surface area contributed by atoms with Gasteiger partial charge in [-0.1, -0.05) is 23.7 Å². The molecule has 106 valence electrons. The van der Waals surface area contributed by atoms with E-state index in [4.69, 9.17) is 11.6 Å². The molecule has 1 heterocycles. The molecule has 1 aromatic heterocycles. The third kappa shape index (κ3) is 3.11.